The molecule has 2 atom stereocenters. The van der Waals surface area contributed by atoms with Crippen LogP contribution >= 0.6 is 11.6 Å². The van der Waals surface area contributed by atoms with E-state index in [1.807, 2.05) is 0 Å². The van der Waals surface area contributed by atoms with E-state index < -0.39 is 27.5 Å². The summed E-state index contributed by atoms with van der Waals surface area (Å²) in [6, 6.07) is 6.70. The van der Waals surface area contributed by atoms with Gasteiger partial charge in [0, 0.05) is 18.8 Å². The quantitative estimate of drug-likeness (QED) is 0.573. The molecule has 0 unspecified atom stereocenters. The maximum absolute atomic E-state index is 13.8. The van der Waals surface area contributed by atoms with Crippen LogP contribution in [-0.4, -0.2) is 49.1 Å². The van der Waals surface area contributed by atoms with Crippen molar-refractivity contribution < 1.29 is 22.3 Å². The van der Waals surface area contributed by atoms with Crippen LogP contribution in [0.15, 0.2) is 41.6 Å². The molecule has 0 bridgehead atoms. The Morgan fingerprint density at radius 2 is 2.19 bits per heavy atom. The van der Waals surface area contributed by atoms with E-state index >= 15 is 0 Å². The fourth-order valence-electron chi connectivity index (χ4n) is 2.98. The van der Waals surface area contributed by atoms with Gasteiger partial charge in [0.1, 0.15) is 23.3 Å². The van der Waals surface area contributed by atoms with Gasteiger partial charge in [0.25, 0.3) is 10.0 Å². The molecule has 1 aromatic heterocycles. The van der Waals surface area contributed by atoms with E-state index in [1.165, 1.54) is 34.8 Å². The van der Waals surface area contributed by atoms with Crippen LogP contribution in [0.1, 0.15) is 0 Å². The lowest BCUT2D eigenvalue weighted by Gasteiger charge is -2.17. The number of benzene rings is 1. The number of ether oxygens (including phenoxy) is 2. The number of sulfonamides is 1. The van der Waals surface area contributed by atoms with E-state index in [0.717, 1.165) is 6.07 Å². The Morgan fingerprint density at radius 1 is 1.41 bits per heavy atom. The van der Waals surface area contributed by atoms with E-state index in [9.17, 15) is 12.8 Å². The van der Waals surface area contributed by atoms with Crippen molar-refractivity contribution in [3.8, 4) is 5.75 Å². The molecule has 140 valence electrons. The summed E-state index contributed by atoms with van der Waals surface area (Å²) in [6.07, 6.45) is 0.668. The largest absolute Gasteiger partial charge is 0.486 e. The second kappa shape index (κ2) is 6.42. The highest BCUT2D eigenvalue weighted by atomic mass is 35.5. The molecule has 1 spiro atoms. The van der Waals surface area contributed by atoms with Gasteiger partial charge in [-0.25, -0.2) is 22.6 Å². The van der Waals surface area contributed by atoms with Gasteiger partial charge < -0.3 is 9.47 Å². The minimum atomic E-state index is -3.84. The van der Waals surface area contributed by atoms with E-state index in [1.54, 1.807) is 0 Å². The minimum Gasteiger partial charge on any atom is -0.486 e. The molecule has 0 amide bonds. The van der Waals surface area contributed by atoms with E-state index in [0.29, 0.717) is 11.6 Å². The molecule has 2 aliphatic rings. The van der Waals surface area contributed by atoms with Gasteiger partial charge in [-0.1, -0.05) is 11.6 Å². The third-order valence-electron chi connectivity index (χ3n) is 4.54. The van der Waals surface area contributed by atoms with Gasteiger partial charge in [0.2, 0.25) is 5.69 Å². The average Bonchev–Trinajstić information content (AvgIpc) is 3.32. The highest BCUT2D eigenvalue weighted by molar-refractivity contribution is 7.89. The number of halogens is 2. The summed E-state index contributed by atoms with van der Waals surface area (Å²) >= 11 is 5.76. The molecule has 4 rings (SSSR count). The summed E-state index contributed by atoms with van der Waals surface area (Å²) < 4.78 is 51.9. The van der Waals surface area contributed by atoms with Gasteiger partial charge in [0.15, 0.2) is 5.03 Å². The van der Waals surface area contributed by atoms with Crippen LogP contribution in [-0.2, 0) is 14.8 Å². The molecular formula is C17H13ClFN3O4S. The molecule has 2 aliphatic heterocycles. The van der Waals surface area contributed by atoms with Crippen LogP contribution in [0, 0.1) is 12.4 Å². The Labute approximate surface area is 160 Å². The van der Waals surface area contributed by atoms with Crippen molar-refractivity contribution in [2.24, 2.45) is 0 Å². The number of aromatic nitrogens is 1. The Balaban J connectivity index is 1.56. The molecule has 0 saturated carbocycles. The normalized spacial score (nSPS) is 24.7. The molecule has 2 saturated heterocycles. The van der Waals surface area contributed by atoms with Crippen molar-refractivity contribution in [1.82, 2.24) is 9.29 Å². The first-order chi connectivity index (χ1) is 12.8. The molecule has 0 N–H and O–H groups in total. The fourth-order valence-corrected chi connectivity index (χ4v) is 4.50. The van der Waals surface area contributed by atoms with Crippen LogP contribution < -0.4 is 4.74 Å². The van der Waals surface area contributed by atoms with Gasteiger partial charge in [-0.3, -0.25) is 0 Å². The van der Waals surface area contributed by atoms with Gasteiger partial charge in [0.05, 0.1) is 24.7 Å². The van der Waals surface area contributed by atoms with Gasteiger partial charge in [-0.15, -0.1) is 0 Å². The minimum absolute atomic E-state index is 0.0405. The number of nitrogens with zero attached hydrogens (tertiary/aromatic N) is 3. The summed E-state index contributed by atoms with van der Waals surface area (Å²) in [5.41, 5.74) is -0.863. The van der Waals surface area contributed by atoms with Gasteiger partial charge >= 0.3 is 0 Å². The lowest BCUT2D eigenvalue weighted by molar-refractivity contribution is 0.135. The first-order valence-electron chi connectivity index (χ1n) is 7.93. The first kappa shape index (κ1) is 18.1. The van der Waals surface area contributed by atoms with Crippen LogP contribution in [0.25, 0.3) is 4.85 Å². The SMILES string of the molecule is [C-]#[N+]c1ccc(O[C@H]2CN(S(=O)(=O)c3ccc(Cl)cn3)C[C@@]23CO3)cc1F. The number of epoxide rings is 1. The molecule has 2 aromatic rings. The Bertz CT molecular complexity index is 1040. The Kier molecular flexibility index (Phi) is 4.31. The maximum Gasteiger partial charge on any atom is 0.260 e. The van der Waals surface area contributed by atoms with Gasteiger partial charge in [-0.2, -0.15) is 4.31 Å². The molecule has 10 heteroatoms. The number of hydrogen-bond donors (Lipinski definition) is 0. The fraction of sp³-hybridized carbons (Fsp3) is 0.294. The van der Waals surface area contributed by atoms with Crippen LogP contribution in [0.4, 0.5) is 10.1 Å². The van der Waals surface area contributed by atoms with Gasteiger partial charge in [-0.05, 0) is 24.3 Å². The zero-order chi connectivity index (χ0) is 19.2. The molecule has 2 fully saturated rings. The highest BCUT2D eigenvalue weighted by Crippen LogP contribution is 2.41. The first-order valence-corrected chi connectivity index (χ1v) is 9.75. The van der Waals surface area contributed by atoms with Crippen molar-refractivity contribution >= 4 is 27.3 Å². The third kappa shape index (κ3) is 3.26. The summed E-state index contributed by atoms with van der Waals surface area (Å²) in [5.74, 6) is -0.482. The lowest BCUT2D eigenvalue weighted by atomic mass is 10.1. The molecule has 3 heterocycles. The summed E-state index contributed by atoms with van der Waals surface area (Å²) in [4.78, 5) is 6.94. The van der Waals surface area contributed by atoms with E-state index in [-0.39, 0.29) is 29.6 Å². The maximum atomic E-state index is 13.8. The summed E-state index contributed by atoms with van der Waals surface area (Å²) in [5, 5.41) is 0.222. The summed E-state index contributed by atoms with van der Waals surface area (Å²) in [7, 11) is -3.84. The van der Waals surface area contributed by atoms with E-state index in [2.05, 4.69) is 9.83 Å². The standard InChI is InChI=1S/C17H13ClFN3O4S/c1-20-14-4-3-12(6-13(14)19)26-15-8-22(9-17(15)10-25-17)27(23,24)16-5-2-11(18)7-21-16/h2-7,15H,8-10H2/t15-,17+/m0/s1. The average molecular weight is 410 g/mol. The monoisotopic (exact) mass is 409 g/mol. The third-order valence-corrected chi connectivity index (χ3v) is 6.49. The molecule has 7 nitrogen and oxygen atoms in total. The molecule has 0 aliphatic carbocycles. The van der Waals surface area contributed by atoms with E-state index in [4.69, 9.17) is 27.6 Å². The predicted molar refractivity (Wildman–Crippen MR) is 93.8 cm³/mol. The molecule has 1 aromatic carbocycles. The van der Waals surface area contributed by atoms with Crippen molar-refractivity contribution in [1.29, 1.82) is 0 Å². The molecule has 27 heavy (non-hydrogen) atoms. The van der Waals surface area contributed by atoms with Crippen molar-refractivity contribution in [2.45, 2.75) is 16.7 Å². The zero-order valence-corrected chi connectivity index (χ0v) is 15.4. The Morgan fingerprint density at radius 3 is 2.78 bits per heavy atom. The topological polar surface area (TPSA) is 76.4 Å². The highest BCUT2D eigenvalue weighted by Gasteiger charge is 2.61. The molecular weight excluding hydrogens is 397 g/mol. The van der Waals surface area contributed by atoms with Crippen LogP contribution in [0.5, 0.6) is 5.75 Å². The smallest absolute Gasteiger partial charge is 0.260 e. The number of rotatable bonds is 4. The lowest BCUT2D eigenvalue weighted by Crippen LogP contribution is -2.33. The van der Waals surface area contributed by atoms with Crippen molar-refractivity contribution in [2.75, 3.05) is 19.7 Å². The van der Waals surface area contributed by atoms with Crippen molar-refractivity contribution in [3.63, 3.8) is 0 Å². The summed E-state index contributed by atoms with van der Waals surface area (Å²) in [6.45, 7) is 7.38. The van der Waals surface area contributed by atoms with Crippen molar-refractivity contribution in [3.05, 3.63) is 58.8 Å². The molecule has 0 radical (unpaired) electrons. The second-order valence-corrected chi connectivity index (χ2v) is 8.62. The van der Waals surface area contributed by atoms with Crippen LogP contribution in [0.3, 0.4) is 0 Å². The number of pyridine rings is 1. The number of hydrogen-bond acceptors (Lipinski definition) is 5. The zero-order valence-electron chi connectivity index (χ0n) is 13.8. The van der Waals surface area contributed by atoms with Crippen LogP contribution in [0.2, 0.25) is 5.02 Å². The Hall–Kier alpha value is -2.25. The predicted octanol–water partition coefficient (Wildman–Crippen LogP) is 2.65. The second-order valence-electron chi connectivity index (χ2n) is 6.30.